The van der Waals surface area contributed by atoms with Crippen LogP contribution in [0.3, 0.4) is 0 Å². The molecule has 0 bridgehead atoms. The quantitative estimate of drug-likeness (QED) is 0.634. The summed E-state index contributed by atoms with van der Waals surface area (Å²) in [6.07, 6.45) is 8.78. The number of allylic oxidation sites excluding steroid dienone is 2. The number of hydrogen-bond donors (Lipinski definition) is 0. The Morgan fingerprint density at radius 2 is 2.00 bits per heavy atom. The van der Waals surface area contributed by atoms with Gasteiger partial charge in [-0.05, 0) is 60.4 Å². The van der Waals surface area contributed by atoms with E-state index >= 15 is 0 Å². The molecule has 0 spiro atoms. The molecular formula is C23H26N2O4S. The Morgan fingerprint density at radius 1 is 1.23 bits per heavy atom. The van der Waals surface area contributed by atoms with E-state index in [1.165, 1.54) is 6.26 Å². The topological polar surface area (TPSA) is 86.1 Å². The van der Waals surface area contributed by atoms with Crippen LogP contribution in [0.1, 0.15) is 54.8 Å². The van der Waals surface area contributed by atoms with Crippen molar-refractivity contribution in [1.82, 2.24) is 9.78 Å². The van der Waals surface area contributed by atoms with Crippen LogP contribution < -0.4 is 0 Å². The molecule has 30 heavy (non-hydrogen) atoms. The van der Waals surface area contributed by atoms with Crippen molar-refractivity contribution >= 4 is 27.0 Å². The molecule has 2 aliphatic carbocycles. The fourth-order valence-corrected chi connectivity index (χ4v) is 5.12. The minimum Gasteiger partial charge on any atom is -0.300 e. The Hall–Kier alpha value is -2.54. The molecule has 2 fully saturated rings. The maximum atomic E-state index is 13.2. The van der Waals surface area contributed by atoms with Crippen LogP contribution in [0.15, 0.2) is 41.4 Å². The molecule has 1 heterocycles. The van der Waals surface area contributed by atoms with Crippen LogP contribution in [-0.2, 0) is 32.9 Å². The molecule has 158 valence electrons. The monoisotopic (exact) mass is 426 g/mol. The molecule has 2 aromatic rings. The highest BCUT2D eigenvalue weighted by Crippen LogP contribution is 2.44. The van der Waals surface area contributed by atoms with Gasteiger partial charge in [0.25, 0.3) is 0 Å². The van der Waals surface area contributed by atoms with E-state index in [9.17, 15) is 18.0 Å². The van der Waals surface area contributed by atoms with E-state index in [1.54, 1.807) is 30.1 Å². The average Bonchev–Trinajstić information content (AvgIpc) is 3.33. The van der Waals surface area contributed by atoms with Gasteiger partial charge in [-0.15, -0.1) is 0 Å². The summed E-state index contributed by atoms with van der Waals surface area (Å²) >= 11 is 0. The van der Waals surface area contributed by atoms with Crippen LogP contribution in [0, 0.1) is 5.92 Å². The number of nitrogens with zero attached hydrogens (tertiary/aromatic N) is 2. The fraction of sp³-hybridized carbons (Fsp3) is 0.435. The number of aromatic nitrogens is 2. The van der Waals surface area contributed by atoms with E-state index in [2.05, 4.69) is 5.10 Å². The van der Waals surface area contributed by atoms with Gasteiger partial charge in [-0.1, -0.05) is 12.1 Å². The van der Waals surface area contributed by atoms with Crippen LogP contribution in [0.5, 0.6) is 0 Å². The minimum atomic E-state index is -3.34. The zero-order valence-electron chi connectivity index (χ0n) is 17.3. The van der Waals surface area contributed by atoms with Gasteiger partial charge in [0.1, 0.15) is 5.78 Å². The maximum Gasteiger partial charge on any atom is 0.175 e. The summed E-state index contributed by atoms with van der Waals surface area (Å²) in [7, 11) is -1.53. The van der Waals surface area contributed by atoms with Gasteiger partial charge in [0, 0.05) is 37.9 Å². The number of aryl methyl sites for hydroxylation is 1. The lowest BCUT2D eigenvalue weighted by Crippen LogP contribution is -2.10. The van der Waals surface area contributed by atoms with E-state index in [0.717, 1.165) is 30.4 Å². The lowest BCUT2D eigenvalue weighted by Gasteiger charge is -2.14. The van der Waals surface area contributed by atoms with Crippen molar-refractivity contribution in [3.63, 3.8) is 0 Å². The molecule has 0 radical (unpaired) electrons. The molecule has 1 aromatic carbocycles. The zero-order valence-corrected chi connectivity index (χ0v) is 18.1. The minimum absolute atomic E-state index is 0.0409. The van der Waals surface area contributed by atoms with Crippen molar-refractivity contribution in [2.24, 2.45) is 13.0 Å². The molecule has 0 amide bonds. The highest BCUT2D eigenvalue weighted by molar-refractivity contribution is 7.90. The van der Waals surface area contributed by atoms with E-state index in [1.807, 2.05) is 18.2 Å². The number of rotatable bonds is 7. The lowest BCUT2D eigenvalue weighted by molar-refractivity contribution is -0.117. The van der Waals surface area contributed by atoms with Gasteiger partial charge in [-0.2, -0.15) is 5.10 Å². The van der Waals surface area contributed by atoms with Crippen molar-refractivity contribution in [2.75, 3.05) is 6.26 Å². The largest absolute Gasteiger partial charge is 0.300 e. The molecule has 2 saturated carbocycles. The molecule has 0 N–H and O–H groups in total. The third kappa shape index (κ3) is 4.61. The second-order valence-electron chi connectivity index (χ2n) is 8.50. The van der Waals surface area contributed by atoms with Crippen molar-refractivity contribution < 1.29 is 18.0 Å². The molecule has 4 rings (SSSR count). The number of carbonyl (C=O) groups excluding carboxylic acids is 2. The van der Waals surface area contributed by atoms with Gasteiger partial charge in [0.15, 0.2) is 15.6 Å². The Morgan fingerprint density at radius 3 is 2.57 bits per heavy atom. The predicted octanol–water partition coefficient (Wildman–Crippen LogP) is 3.27. The normalized spacial score (nSPS) is 20.0. The molecule has 0 saturated heterocycles. The number of ketones is 2. The van der Waals surface area contributed by atoms with Crippen LogP contribution in [0.4, 0.5) is 0 Å². The fourth-order valence-electron chi connectivity index (χ4n) is 4.16. The van der Waals surface area contributed by atoms with Crippen molar-refractivity contribution in [2.45, 2.75) is 49.3 Å². The second-order valence-corrected chi connectivity index (χ2v) is 10.5. The van der Waals surface area contributed by atoms with Gasteiger partial charge in [-0.25, -0.2) is 8.42 Å². The number of hydrogen-bond acceptors (Lipinski definition) is 5. The smallest absolute Gasteiger partial charge is 0.175 e. The summed E-state index contributed by atoms with van der Waals surface area (Å²) in [6.45, 7) is 0. The summed E-state index contributed by atoms with van der Waals surface area (Å²) in [5.41, 5.74) is 2.77. The van der Waals surface area contributed by atoms with Gasteiger partial charge in [0.2, 0.25) is 0 Å². The van der Waals surface area contributed by atoms with Gasteiger partial charge in [-0.3, -0.25) is 14.3 Å². The van der Waals surface area contributed by atoms with Gasteiger partial charge < -0.3 is 0 Å². The molecule has 2 aliphatic rings. The van der Waals surface area contributed by atoms with Crippen LogP contribution in [-0.4, -0.2) is 36.0 Å². The summed E-state index contributed by atoms with van der Waals surface area (Å²) in [6, 6.07) is 7.03. The second kappa shape index (κ2) is 7.95. The molecule has 0 aliphatic heterocycles. The standard InChI is InChI=1S/C23H26N2O4S/c1-25-10-9-18(24-25)14-22(27)20(12-15-3-7-19(26)11-15)17-6-8-23(30(2,28)29)21(13-17)16-4-5-16/h6,8-10,12-13,15-16H,3-5,7,11,14H2,1-2H3/b20-12+/t15-/m0/s1. The zero-order chi connectivity index (χ0) is 21.5. The lowest BCUT2D eigenvalue weighted by atomic mass is 9.92. The summed E-state index contributed by atoms with van der Waals surface area (Å²) < 4.78 is 26.1. The average molecular weight is 427 g/mol. The highest BCUT2D eigenvalue weighted by Gasteiger charge is 2.30. The number of sulfone groups is 1. The number of carbonyl (C=O) groups is 2. The molecule has 0 unspecified atom stereocenters. The number of benzene rings is 1. The van der Waals surface area contributed by atoms with Gasteiger partial charge in [0.05, 0.1) is 17.0 Å². The SMILES string of the molecule is Cn1ccc(CC(=O)/C(=C/[C@H]2CCC(=O)C2)c2ccc(S(C)(=O)=O)c(C3CC3)c2)n1. The first-order chi connectivity index (χ1) is 14.2. The number of Topliss-reactive ketones (excluding diaryl/α,β-unsaturated/α-hetero) is 2. The Balaban J connectivity index is 1.73. The highest BCUT2D eigenvalue weighted by atomic mass is 32.2. The van der Waals surface area contributed by atoms with Crippen LogP contribution >= 0.6 is 0 Å². The van der Waals surface area contributed by atoms with E-state index in [-0.39, 0.29) is 29.8 Å². The molecule has 1 aromatic heterocycles. The summed E-state index contributed by atoms with van der Waals surface area (Å²) in [4.78, 5) is 25.3. The van der Waals surface area contributed by atoms with Crippen molar-refractivity contribution in [3.05, 3.63) is 53.4 Å². The molecule has 6 nitrogen and oxygen atoms in total. The third-order valence-electron chi connectivity index (χ3n) is 5.83. The first-order valence-electron chi connectivity index (χ1n) is 10.3. The third-order valence-corrected chi connectivity index (χ3v) is 7.01. The van der Waals surface area contributed by atoms with Gasteiger partial charge >= 0.3 is 0 Å². The van der Waals surface area contributed by atoms with Crippen molar-refractivity contribution in [3.8, 4) is 0 Å². The van der Waals surface area contributed by atoms with Crippen LogP contribution in [0.2, 0.25) is 0 Å². The Bertz CT molecular complexity index is 1140. The summed E-state index contributed by atoms with van der Waals surface area (Å²) in [5.74, 6) is 0.426. The van der Waals surface area contributed by atoms with E-state index in [0.29, 0.717) is 29.0 Å². The molecule has 1 atom stereocenters. The Labute approximate surface area is 176 Å². The summed E-state index contributed by atoms with van der Waals surface area (Å²) in [5, 5.41) is 4.31. The predicted molar refractivity (Wildman–Crippen MR) is 114 cm³/mol. The van der Waals surface area contributed by atoms with Crippen molar-refractivity contribution in [1.29, 1.82) is 0 Å². The first-order valence-corrected chi connectivity index (χ1v) is 12.2. The maximum absolute atomic E-state index is 13.2. The molecule has 7 heteroatoms. The Kier molecular flexibility index (Phi) is 5.49. The van der Waals surface area contributed by atoms with Crippen LogP contribution in [0.25, 0.3) is 5.57 Å². The first kappa shape index (κ1) is 20.7. The van der Waals surface area contributed by atoms with E-state index < -0.39 is 9.84 Å². The van der Waals surface area contributed by atoms with E-state index in [4.69, 9.17) is 0 Å². The molecular weight excluding hydrogens is 400 g/mol.